The van der Waals surface area contributed by atoms with Crippen LogP contribution >= 0.6 is 23.2 Å². The Morgan fingerprint density at radius 3 is 2.56 bits per heavy atom. The number of rotatable bonds is 0. The van der Waals surface area contributed by atoms with E-state index in [0.29, 0.717) is 10.0 Å². The highest BCUT2D eigenvalue weighted by molar-refractivity contribution is 6.35. The average Bonchev–Trinajstić information content (AvgIpc) is 1.83. The van der Waals surface area contributed by atoms with E-state index in [2.05, 4.69) is 12.1 Å². The minimum absolute atomic E-state index is 0.544. The Labute approximate surface area is 64.4 Å². The smallest absolute Gasteiger partial charge is 0.0833 e. The minimum Gasteiger partial charge on any atom is -0.0833 e. The van der Waals surface area contributed by atoms with Crippen LogP contribution in [-0.4, -0.2) is 0 Å². The predicted octanol–water partition coefficient (Wildman–Crippen LogP) is 2.90. The summed E-state index contributed by atoms with van der Waals surface area (Å²) in [5.74, 6) is 0. The molecule has 0 aliphatic carbocycles. The molecular formula is C7H4Cl2. The van der Waals surface area contributed by atoms with Crippen molar-refractivity contribution in [3.8, 4) is 0 Å². The van der Waals surface area contributed by atoms with Crippen molar-refractivity contribution in [1.82, 2.24) is 0 Å². The summed E-state index contributed by atoms with van der Waals surface area (Å²) < 4.78 is 0. The van der Waals surface area contributed by atoms with Crippen LogP contribution in [-0.2, 0) is 0 Å². The molecule has 2 heteroatoms. The molecular weight excluding hydrogens is 155 g/mol. The molecule has 0 aliphatic heterocycles. The van der Waals surface area contributed by atoms with Gasteiger partial charge in [-0.3, -0.25) is 0 Å². The first-order valence-corrected chi connectivity index (χ1v) is 3.21. The molecule has 0 radical (unpaired) electrons. The monoisotopic (exact) mass is 158 g/mol. The van der Waals surface area contributed by atoms with Gasteiger partial charge in [0.1, 0.15) is 0 Å². The van der Waals surface area contributed by atoms with Crippen molar-refractivity contribution in [3.63, 3.8) is 0 Å². The van der Waals surface area contributed by atoms with Crippen LogP contribution in [0.25, 0.3) is 0 Å². The van der Waals surface area contributed by atoms with Crippen LogP contribution < -0.4 is 0 Å². The van der Waals surface area contributed by atoms with E-state index in [0.717, 1.165) is 5.56 Å². The number of halogens is 2. The average molecular weight is 159 g/mol. The molecule has 9 heavy (non-hydrogen) atoms. The van der Waals surface area contributed by atoms with E-state index in [4.69, 9.17) is 23.2 Å². The highest BCUT2D eigenvalue weighted by Crippen LogP contribution is 2.19. The van der Waals surface area contributed by atoms with E-state index in [9.17, 15) is 0 Å². The third-order valence-electron chi connectivity index (χ3n) is 1.07. The molecule has 0 bridgehead atoms. The maximum atomic E-state index is 5.68. The van der Waals surface area contributed by atoms with Gasteiger partial charge in [-0.15, -0.1) is 0 Å². The Morgan fingerprint density at radius 1 is 1.44 bits per heavy atom. The molecule has 0 atom stereocenters. The predicted molar refractivity (Wildman–Crippen MR) is 38.9 cm³/mol. The first-order valence-electron chi connectivity index (χ1n) is 2.46. The summed E-state index contributed by atoms with van der Waals surface area (Å²) in [5, 5.41) is 1.18. The molecule has 46 valence electrons. The molecule has 0 N–H and O–H groups in total. The molecule has 1 aromatic carbocycles. The maximum Gasteiger partial charge on any atom is 0.0951 e. The van der Waals surface area contributed by atoms with Crippen molar-refractivity contribution in [2.24, 2.45) is 0 Å². The van der Waals surface area contributed by atoms with Crippen LogP contribution in [0, 0.1) is 19.1 Å². The first kappa shape index (κ1) is 6.74. The highest BCUT2D eigenvalue weighted by Gasteiger charge is 1.95. The van der Waals surface area contributed by atoms with E-state index in [1.807, 2.05) is 6.92 Å². The molecule has 0 aliphatic rings. The van der Waals surface area contributed by atoms with Crippen LogP contribution in [0.15, 0.2) is 6.07 Å². The zero-order chi connectivity index (χ0) is 6.85. The summed E-state index contributed by atoms with van der Waals surface area (Å²) in [6, 6.07) is 7.02. The quantitative estimate of drug-likeness (QED) is 0.545. The fourth-order valence-corrected chi connectivity index (χ4v) is 0.823. The van der Waals surface area contributed by atoms with Crippen LogP contribution in [0.1, 0.15) is 5.56 Å². The van der Waals surface area contributed by atoms with Gasteiger partial charge in [0.15, 0.2) is 0 Å². The first-order chi connectivity index (χ1) is 4.22. The van der Waals surface area contributed by atoms with Crippen molar-refractivity contribution in [1.29, 1.82) is 0 Å². The maximum absolute atomic E-state index is 5.68. The lowest BCUT2D eigenvalue weighted by Crippen LogP contribution is -1.71. The van der Waals surface area contributed by atoms with Gasteiger partial charge in [-0.25, -0.2) is 0 Å². The summed E-state index contributed by atoms with van der Waals surface area (Å²) in [7, 11) is 0. The van der Waals surface area contributed by atoms with Crippen LogP contribution in [0.4, 0.5) is 0 Å². The molecule has 0 aromatic heterocycles. The van der Waals surface area contributed by atoms with E-state index in [-0.39, 0.29) is 0 Å². The highest BCUT2D eigenvalue weighted by atomic mass is 35.5. The molecule has 0 spiro atoms. The lowest BCUT2D eigenvalue weighted by atomic mass is 10.3. The Morgan fingerprint density at radius 2 is 2.11 bits per heavy atom. The summed E-state index contributed by atoms with van der Waals surface area (Å²) in [4.78, 5) is 0. The molecule has 0 saturated heterocycles. The van der Waals surface area contributed by atoms with E-state index >= 15 is 0 Å². The topological polar surface area (TPSA) is 0 Å². The van der Waals surface area contributed by atoms with Gasteiger partial charge < -0.3 is 0 Å². The molecule has 0 fully saturated rings. The normalized spacial score (nSPS) is 8.78. The fraction of sp³-hybridized carbons (Fsp3) is 0.143. The van der Waals surface area contributed by atoms with Gasteiger partial charge in [0.05, 0.1) is 10.0 Å². The van der Waals surface area contributed by atoms with Gasteiger partial charge in [0.25, 0.3) is 0 Å². The van der Waals surface area contributed by atoms with Gasteiger partial charge in [-0.2, -0.15) is 0 Å². The summed E-state index contributed by atoms with van der Waals surface area (Å²) in [6.45, 7) is 1.84. The molecule has 0 saturated carbocycles. The second-order valence-electron chi connectivity index (χ2n) is 1.70. The Hall–Kier alpha value is -0.380. The summed E-state index contributed by atoms with van der Waals surface area (Å²) in [5.41, 5.74) is 0.858. The second-order valence-corrected chi connectivity index (χ2v) is 2.49. The van der Waals surface area contributed by atoms with Crippen LogP contribution in [0.2, 0.25) is 10.0 Å². The van der Waals surface area contributed by atoms with Crippen molar-refractivity contribution < 1.29 is 0 Å². The van der Waals surface area contributed by atoms with Crippen molar-refractivity contribution >= 4 is 23.2 Å². The fourth-order valence-electron chi connectivity index (χ4n) is 0.470. The van der Waals surface area contributed by atoms with Crippen molar-refractivity contribution in [3.05, 3.63) is 33.8 Å². The van der Waals surface area contributed by atoms with Crippen molar-refractivity contribution in [2.75, 3.05) is 0 Å². The Kier molecular flexibility index (Phi) is 1.85. The molecule has 0 amide bonds. The molecule has 0 unspecified atom stereocenters. The van der Waals surface area contributed by atoms with E-state index < -0.39 is 0 Å². The second kappa shape index (κ2) is 2.47. The standard InChI is InChI=1S/C7H4Cl2/c1-5-6(8)3-2-4-7(5)9/h3H,1H3. The zero-order valence-corrected chi connectivity index (χ0v) is 6.35. The van der Waals surface area contributed by atoms with Gasteiger partial charge in [-0.05, 0) is 18.6 Å². The van der Waals surface area contributed by atoms with Gasteiger partial charge in [0.2, 0.25) is 0 Å². The molecule has 1 aromatic rings. The lowest BCUT2D eigenvalue weighted by molar-refractivity contribution is 1.48. The van der Waals surface area contributed by atoms with Gasteiger partial charge in [0, 0.05) is 6.07 Å². The minimum atomic E-state index is 0.544. The van der Waals surface area contributed by atoms with E-state index in [1.165, 1.54) is 0 Å². The lowest BCUT2D eigenvalue weighted by Gasteiger charge is -1.92. The summed E-state index contributed by atoms with van der Waals surface area (Å²) >= 11 is 11.3. The number of hydrogen-bond donors (Lipinski definition) is 0. The van der Waals surface area contributed by atoms with Gasteiger partial charge >= 0.3 is 0 Å². The Bertz CT molecular complexity index is 198. The van der Waals surface area contributed by atoms with E-state index in [1.54, 1.807) is 6.07 Å². The molecule has 1 rings (SSSR count). The molecule has 0 nitrogen and oxygen atoms in total. The van der Waals surface area contributed by atoms with Crippen LogP contribution in [0.3, 0.4) is 0 Å². The van der Waals surface area contributed by atoms with Crippen molar-refractivity contribution in [2.45, 2.75) is 6.92 Å². The van der Waals surface area contributed by atoms with Gasteiger partial charge in [-0.1, -0.05) is 29.3 Å². The third kappa shape index (κ3) is 1.30. The Balaban J connectivity index is 3.25. The molecule has 0 heterocycles. The summed E-state index contributed by atoms with van der Waals surface area (Å²) in [6.07, 6.45) is 0. The number of hydrogen-bond acceptors (Lipinski definition) is 0. The largest absolute Gasteiger partial charge is 0.0951 e. The third-order valence-corrected chi connectivity index (χ3v) is 1.84. The van der Waals surface area contributed by atoms with Crippen LogP contribution in [0.5, 0.6) is 0 Å². The SMILES string of the molecule is Cc1c(Cl)c#ccc1Cl. The zero-order valence-electron chi connectivity index (χ0n) is 4.83.